The summed E-state index contributed by atoms with van der Waals surface area (Å²) in [6.07, 6.45) is 5.83. The summed E-state index contributed by atoms with van der Waals surface area (Å²) in [4.78, 5) is 15.0. The van der Waals surface area contributed by atoms with Crippen LogP contribution in [0.4, 0.5) is 5.69 Å². The third-order valence-corrected chi connectivity index (χ3v) is 4.76. The number of ether oxygens (including phenoxy) is 1. The minimum Gasteiger partial charge on any atom is -0.488 e. The summed E-state index contributed by atoms with van der Waals surface area (Å²) in [6.45, 7) is 2.62. The zero-order chi connectivity index (χ0) is 16.4. The molecule has 2 aromatic carbocycles. The molecule has 0 N–H and O–H groups in total. The van der Waals surface area contributed by atoms with Crippen molar-refractivity contribution in [2.45, 2.75) is 19.3 Å². The van der Waals surface area contributed by atoms with E-state index in [1.54, 1.807) is 0 Å². The highest BCUT2D eigenvalue weighted by molar-refractivity contribution is 6.14. The molecule has 2 heterocycles. The Morgan fingerprint density at radius 2 is 1.67 bits per heavy atom. The molecule has 0 amide bonds. The second-order valence-electron chi connectivity index (χ2n) is 6.42. The fourth-order valence-corrected chi connectivity index (χ4v) is 3.42. The Balaban J connectivity index is 1.54. The second-order valence-corrected chi connectivity index (χ2v) is 6.42. The lowest BCUT2D eigenvalue weighted by Gasteiger charge is -2.28. The van der Waals surface area contributed by atoms with Gasteiger partial charge in [-0.05, 0) is 55.2 Å². The lowest BCUT2D eigenvalue weighted by atomic mass is 9.98. The van der Waals surface area contributed by atoms with Gasteiger partial charge in [0.15, 0.2) is 5.78 Å². The number of hydrogen-bond acceptors (Lipinski definition) is 3. The zero-order valence-electron chi connectivity index (χ0n) is 13.7. The molecule has 1 saturated heterocycles. The summed E-state index contributed by atoms with van der Waals surface area (Å²) >= 11 is 0. The van der Waals surface area contributed by atoms with E-state index in [0.29, 0.717) is 23.5 Å². The van der Waals surface area contributed by atoms with E-state index < -0.39 is 0 Å². The molecule has 3 nitrogen and oxygen atoms in total. The van der Waals surface area contributed by atoms with Gasteiger partial charge in [0, 0.05) is 24.4 Å². The molecule has 0 saturated carbocycles. The van der Waals surface area contributed by atoms with E-state index in [0.717, 1.165) is 18.7 Å². The average molecular weight is 319 g/mol. The lowest BCUT2D eigenvalue weighted by molar-refractivity contribution is 0.100. The first-order chi connectivity index (χ1) is 11.8. The largest absolute Gasteiger partial charge is 0.488 e. The van der Waals surface area contributed by atoms with Gasteiger partial charge in [-0.15, -0.1) is 0 Å². The van der Waals surface area contributed by atoms with E-state index in [4.69, 9.17) is 4.74 Å². The molecule has 4 rings (SSSR count). The van der Waals surface area contributed by atoms with Crippen molar-refractivity contribution in [1.29, 1.82) is 0 Å². The molecule has 1 fully saturated rings. The van der Waals surface area contributed by atoms with Crippen LogP contribution < -0.4 is 9.64 Å². The fourth-order valence-electron chi connectivity index (χ4n) is 3.42. The molecule has 2 aliphatic rings. The normalized spacial score (nSPS) is 19.1. The Morgan fingerprint density at radius 3 is 2.46 bits per heavy atom. The van der Waals surface area contributed by atoms with Crippen LogP contribution in [0, 0.1) is 0 Å². The molecule has 3 heteroatoms. The van der Waals surface area contributed by atoms with Crippen molar-refractivity contribution in [1.82, 2.24) is 0 Å². The van der Waals surface area contributed by atoms with E-state index >= 15 is 0 Å². The zero-order valence-corrected chi connectivity index (χ0v) is 13.7. The van der Waals surface area contributed by atoms with Crippen LogP contribution in [0.2, 0.25) is 0 Å². The van der Waals surface area contributed by atoms with Gasteiger partial charge < -0.3 is 9.64 Å². The molecular formula is C21H21NO2. The molecule has 0 atom stereocenters. The maximum absolute atomic E-state index is 12.6. The molecule has 0 bridgehead atoms. The number of benzene rings is 2. The van der Waals surface area contributed by atoms with Gasteiger partial charge in [-0.3, -0.25) is 4.79 Å². The van der Waals surface area contributed by atoms with Crippen LogP contribution in [0.25, 0.3) is 6.08 Å². The van der Waals surface area contributed by atoms with Crippen LogP contribution in [-0.2, 0) is 0 Å². The number of ketones is 1. The summed E-state index contributed by atoms with van der Waals surface area (Å²) in [5.74, 6) is 0.747. The maximum atomic E-state index is 12.6. The third-order valence-electron chi connectivity index (χ3n) is 4.76. The first kappa shape index (κ1) is 15.0. The first-order valence-corrected chi connectivity index (χ1v) is 8.63. The number of para-hydroxylation sites is 1. The number of rotatable bonds is 2. The molecular weight excluding hydrogens is 298 g/mol. The van der Waals surface area contributed by atoms with Gasteiger partial charge in [-0.25, -0.2) is 0 Å². The SMILES string of the molecule is O=C1C(=Cc2ccc(N3CCCCC3)cc2)COc2ccccc21. The van der Waals surface area contributed by atoms with E-state index in [9.17, 15) is 4.79 Å². The lowest BCUT2D eigenvalue weighted by Crippen LogP contribution is -2.29. The quantitative estimate of drug-likeness (QED) is 0.771. The van der Waals surface area contributed by atoms with Gasteiger partial charge in [0.2, 0.25) is 0 Å². The molecule has 0 radical (unpaired) electrons. The molecule has 0 aliphatic carbocycles. The van der Waals surface area contributed by atoms with Crippen molar-refractivity contribution in [3.8, 4) is 5.75 Å². The van der Waals surface area contributed by atoms with Crippen molar-refractivity contribution in [3.63, 3.8) is 0 Å². The van der Waals surface area contributed by atoms with Crippen LogP contribution >= 0.6 is 0 Å². The molecule has 2 aliphatic heterocycles. The Kier molecular flexibility index (Phi) is 4.08. The second kappa shape index (κ2) is 6.52. The fraction of sp³-hybridized carbons (Fsp3) is 0.286. The Labute approximate surface area is 142 Å². The number of nitrogens with zero attached hydrogens (tertiary/aromatic N) is 1. The van der Waals surface area contributed by atoms with Crippen LogP contribution in [0.15, 0.2) is 54.1 Å². The van der Waals surface area contributed by atoms with E-state index in [1.165, 1.54) is 24.9 Å². The Morgan fingerprint density at radius 1 is 0.917 bits per heavy atom. The number of anilines is 1. The van der Waals surface area contributed by atoms with Crippen molar-refractivity contribution in [2.75, 3.05) is 24.6 Å². The summed E-state index contributed by atoms with van der Waals surface area (Å²) < 4.78 is 5.70. The van der Waals surface area contributed by atoms with Crippen molar-refractivity contribution >= 4 is 17.5 Å². The smallest absolute Gasteiger partial charge is 0.196 e. The molecule has 0 spiro atoms. The number of fused-ring (bicyclic) bond motifs is 1. The summed E-state index contributed by atoms with van der Waals surface area (Å²) in [6, 6.07) is 15.9. The predicted octanol–water partition coefficient (Wildman–Crippen LogP) is 4.34. The summed E-state index contributed by atoms with van der Waals surface area (Å²) in [5, 5.41) is 0. The first-order valence-electron chi connectivity index (χ1n) is 8.63. The highest BCUT2D eigenvalue weighted by Crippen LogP contribution is 2.28. The minimum absolute atomic E-state index is 0.0666. The van der Waals surface area contributed by atoms with Crippen molar-refractivity contribution in [2.24, 2.45) is 0 Å². The van der Waals surface area contributed by atoms with Gasteiger partial charge in [0.05, 0.1) is 5.56 Å². The van der Waals surface area contributed by atoms with Gasteiger partial charge >= 0.3 is 0 Å². The number of Topliss-reactive ketones (excluding diaryl/α,β-unsaturated/α-hetero) is 1. The number of carbonyl (C=O) groups is 1. The molecule has 0 unspecified atom stereocenters. The van der Waals surface area contributed by atoms with Crippen LogP contribution in [0.5, 0.6) is 5.75 Å². The average Bonchev–Trinajstić information content (AvgIpc) is 2.66. The van der Waals surface area contributed by atoms with Gasteiger partial charge in [0.1, 0.15) is 12.4 Å². The van der Waals surface area contributed by atoms with E-state index in [2.05, 4.69) is 29.2 Å². The molecule has 122 valence electrons. The van der Waals surface area contributed by atoms with E-state index in [1.807, 2.05) is 30.3 Å². The van der Waals surface area contributed by atoms with Crippen molar-refractivity contribution in [3.05, 3.63) is 65.2 Å². The van der Waals surface area contributed by atoms with Gasteiger partial charge in [0.25, 0.3) is 0 Å². The standard InChI is InChI=1S/C21H21NO2/c23-21-17(15-24-20-7-3-2-6-19(20)21)14-16-8-10-18(11-9-16)22-12-4-1-5-13-22/h2-3,6-11,14H,1,4-5,12-13,15H2. The number of piperidine rings is 1. The monoisotopic (exact) mass is 319 g/mol. The van der Waals surface area contributed by atoms with Crippen LogP contribution in [0.3, 0.4) is 0 Å². The highest BCUT2D eigenvalue weighted by atomic mass is 16.5. The molecule has 0 aromatic heterocycles. The van der Waals surface area contributed by atoms with Crippen molar-refractivity contribution < 1.29 is 9.53 Å². The minimum atomic E-state index is 0.0666. The Hall–Kier alpha value is -2.55. The summed E-state index contributed by atoms with van der Waals surface area (Å²) in [5.41, 5.74) is 3.68. The van der Waals surface area contributed by atoms with Crippen LogP contribution in [-0.4, -0.2) is 25.5 Å². The third kappa shape index (κ3) is 2.94. The molecule has 24 heavy (non-hydrogen) atoms. The topological polar surface area (TPSA) is 29.5 Å². The Bertz CT molecular complexity index is 771. The highest BCUT2D eigenvalue weighted by Gasteiger charge is 2.22. The van der Waals surface area contributed by atoms with Gasteiger partial charge in [-0.1, -0.05) is 24.3 Å². The maximum Gasteiger partial charge on any atom is 0.196 e. The van der Waals surface area contributed by atoms with Gasteiger partial charge in [-0.2, -0.15) is 0 Å². The number of carbonyl (C=O) groups excluding carboxylic acids is 1. The summed E-state index contributed by atoms with van der Waals surface area (Å²) in [7, 11) is 0. The number of hydrogen-bond donors (Lipinski definition) is 0. The predicted molar refractivity (Wildman–Crippen MR) is 96.8 cm³/mol. The van der Waals surface area contributed by atoms with Crippen LogP contribution in [0.1, 0.15) is 35.2 Å². The molecule has 2 aromatic rings. The van der Waals surface area contributed by atoms with E-state index in [-0.39, 0.29) is 5.78 Å².